The van der Waals surface area contributed by atoms with Crippen molar-refractivity contribution in [3.63, 3.8) is 0 Å². The molecule has 0 radical (unpaired) electrons. The van der Waals surface area contributed by atoms with Gasteiger partial charge in [-0.25, -0.2) is 4.98 Å². The second-order valence-corrected chi connectivity index (χ2v) is 10.3. The fourth-order valence-electron chi connectivity index (χ4n) is 6.12. The van der Waals surface area contributed by atoms with Crippen LogP contribution in [0.3, 0.4) is 0 Å². The smallest absolute Gasteiger partial charge is 0.244 e. The molecule has 2 N–H and O–H groups in total. The number of anilines is 4. The predicted molar refractivity (Wildman–Crippen MR) is 135 cm³/mol. The van der Waals surface area contributed by atoms with E-state index in [1.807, 2.05) is 23.2 Å². The Labute approximate surface area is 205 Å². The number of benzene rings is 1. The van der Waals surface area contributed by atoms with Crippen LogP contribution in [0.15, 0.2) is 30.5 Å². The number of amides is 2. The summed E-state index contributed by atoms with van der Waals surface area (Å²) in [5.74, 6) is 1.00. The molecule has 4 heterocycles. The van der Waals surface area contributed by atoms with Crippen molar-refractivity contribution in [2.75, 3.05) is 54.9 Å². The summed E-state index contributed by atoms with van der Waals surface area (Å²) in [6, 6.07) is 8.42. The maximum atomic E-state index is 13.9. The van der Waals surface area contributed by atoms with Crippen LogP contribution in [-0.2, 0) is 16.0 Å². The highest BCUT2D eigenvalue weighted by Gasteiger charge is 2.57. The summed E-state index contributed by atoms with van der Waals surface area (Å²) in [5.41, 5.74) is 2.00. The van der Waals surface area contributed by atoms with Crippen LogP contribution in [0.4, 0.5) is 23.1 Å². The molecule has 1 aliphatic carbocycles. The van der Waals surface area contributed by atoms with Crippen LogP contribution in [0.1, 0.15) is 37.7 Å². The Morgan fingerprint density at radius 2 is 1.77 bits per heavy atom. The monoisotopic (exact) mass is 475 g/mol. The second kappa shape index (κ2) is 8.78. The van der Waals surface area contributed by atoms with Gasteiger partial charge >= 0.3 is 0 Å². The summed E-state index contributed by atoms with van der Waals surface area (Å²) in [6.07, 6.45) is 6.84. The largest absolute Gasteiger partial charge is 0.369 e. The van der Waals surface area contributed by atoms with Crippen LogP contribution < -0.4 is 20.4 Å². The van der Waals surface area contributed by atoms with E-state index in [1.165, 1.54) is 5.69 Å². The van der Waals surface area contributed by atoms with Gasteiger partial charge in [0.25, 0.3) is 0 Å². The lowest BCUT2D eigenvalue weighted by molar-refractivity contribution is -0.144. The Bertz CT molecular complexity index is 1130. The molecule has 0 bridgehead atoms. The van der Waals surface area contributed by atoms with Gasteiger partial charge in [-0.1, -0.05) is 12.8 Å². The van der Waals surface area contributed by atoms with E-state index >= 15 is 0 Å². The van der Waals surface area contributed by atoms with Crippen LogP contribution in [0.2, 0.25) is 0 Å². The first-order valence-electron chi connectivity index (χ1n) is 12.8. The van der Waals surface area contributed by atoms with Crippen molar-refractivity contribution in [2.45, 2.75) is 44.6 Å². The van der Waals surface area contributed by atoms with Crippen molar-refractivity contribution < 1.29 is 9.59 Å². The van der Waals surface area contributed by atoms with Crippen molar-refractivity contribution >= 4 is 35.0 Å². The molecule has 3 aliphatic heterocycles. The summed E-state index contributed by atoms with van der Waals surface area (Å²) in [5, 5.41) is 6.70. The van der Waals surface area contributed by atoms with Crippen molar-refractivity contribution in [2.24, 2.45) is 5.41 Å². The molecule has 6 rings (SSSR count). The van der Waals surface area contributed by atoms with Crippen molar-refractivity contribution in [1.29, 1.82) is 0 Å². The SMILES string of the molecule is CN1CCC2(Cc3cnc(Nc4ccc(N5CCNCC5)cc4)nc3N(C3CCCC3)C2=O)C1=O. The first-order chi connectivity index (χ1) is 17.0. The number of nitrogens with zero attached hydrogens (tertiary/aromatic N) is 5. The normalized spacial score (nSPS) is 25.0. The quantitative estimate of drug-likeness (QED) is 0.656. The van der Waals surface area contributed by atoms with E-state index in [1.54, 1.807) is 11.9 Å². The van der Waals surface area contributed by atoms with Gasteiger partial charge in [0.05, 0.1) is 0 Å². The van der Waals surface area contributed by atoms with E-state index in [9.17, 15) is 9.59 Å². The topological polar surface area (TPSA) is 93.7 Å². The molecule has 1 aromatic heterocycles. The molecule has 2 amide bonds. The molecule has 1 atom stereocenters. The Balaban J connectivity index is 1.29. The molecular weight excluding hydrogens is 442 g/mol. The van der Waals surface area contributed by atoms with Crippen molar-refractivity contribution in [3.8, 4) is 0 Å². The fourth-order valence-corrected chi connectivity index (χ4v) is 6.12. The third-order valence-corrected chi connectivity index (χ3v) is 8.12. The third kappa shape index (κ3) is 3.82. The van der Waals surface area contributed by atoms with Crippen molar-refractivity contribution in [3.05, 3.63) is 36.0 Å². The molecule has 1 unspecified atom stereocenters. The number of piperazine rings is 1. The van der Waals surface area contributed by atoms with Gasteiger partial charge in [-0.3, -0.25) is 14.5 Å². The number of hydrogen-bond acceptors (Lipinski definition) is 7. The first-order valence-corrected chi connectivity index (χ1v) is 12.8. The third-order valence-electron chi connectivity index (χ3n) is 8.12. The number of hydrogen-bond donors (Lipinski definition) is 2. The fraction of sp³-hybridized carbons (Fsp3) is 0.538. The van der Waals surface area contributed by atoms with Crippen LogP contribution in [0.5, 0.6) is 0 Å². The number of rotatable bonds is 4. The average molecular weight is 476 g/mol. The minimum absolute atomic E-state index is 0.0667. The number of carbonyl (C=O) groups excluding carboxylic acids is 2. The minimum atomic E-state index is -0.998. The highest BCUT2D eigenvalue weighted by molar-refractivity contribution is 6.14. The zero-order chi connectivity index (χ0) is 24.0. The van der Waals surface area contributed by atoms with Gasteiger partial charge in [0, 0.05) is 75.4 Å². The van der Waals surface area contributed by atoms with Gasteiger partial charge in [-0.2, -0.15) is 4.98 Å². The summed E-state index contributed by atoms with van der Waals surface area (Å²) in [4.78, 5) is 42.4. The minimum Gasteiger partial charge on any atom is -0.369 e. The zero-order valence-corrected chi connectivity index (χ0v) is 20.3. The molecule has 35 heavy (non-hydrogen) atoms. The molecule has 3 fully saturated rings. The van der Waals surface area contributed by atoms with Crippen LogP contribution in [-0.4, -0.2) is 72.5 Å². The summed E-state index contributed by atoms with van der Waals surface area (Å²) in [6.45, 7) is 4.63. The molecule has 2 saturated heterocycles. The molecule has 9 heteroatoms. The highest BCUT2D eigenvalue weighted by atomic mass is 16.2. The van der Waals surface area contributed by atoms with Gasteiger partial charge in [0.15, 0.2) is 0 Å². The standard InChI is InChI=1S/C26H33N7O2/c1-31-13-10-26(23(31)34)16-18-17-28-25(30-22(18)33(24(26)35)21-4-2-3-5-21)29-19-6-8-20(9-7-19)32-14-11-27-12-15-32/h6-9,17,21,27H,2-5,10-16H2,1H3,(H,28,29,30). The molecule has 1 saturated carbocycles. The molecule has 184 valence electrons. The van der Waals surface area contributed by atoms with Gasteiger partial charge in [-0.15, -0.1) is 0 Å². The molecular formula is C26H33N7O2. The molecule has 9 nitrogen and oxygen atoms in total. The average Bonchev–Trinajstić information content (AvgIpc) is 3.51. The van der Waals surface area contributed by atoms with E-state index < -0.39 is 5.41 Å². The molecule has 1 aromatic carbocycles. The van der Waals surface area contributed by atoms with E-state index in [2.05, 4.69) is 32.7 Å². The van der Waals surface area contributed by atoms with E-state index in [0.29, 0.717) is 31.2 Å². The zero-order valence-electron chi connectivity index (χ0n) is 20.3. The first kappa shape index (κ1) is 22.3. The lowest BCUT2D eigenvalue weighted by atomic mass is 9.76. The molecule has 4 aliphatic rings. The van der Waals surface area contributed by atoms with Gasteiger partial charge in [0.2, 0.25) is 17.8 Å². The lowest BCUT2D eigenvalue weighted by Crippen LogP contribution is -2.56. The molecule has 1 spiro atoms. The number of carbonyl (C=O) groups is 2. The number of nitrogens with one attached hydrogen (secondary N) is 2. The number of fused-ring (bicyclic) bond motifs is 1. The number of likely N-dealkylation sites (tertiary alicyclic amines) is 1. The maximum absolute atomic E-state index is 13.9. The molecule has 2 aromatic rings. The Kier molecular flexibility index (Phi) is 5.59. The van der Waals surface area contributed by atoms with Crippen LogP contribution >= 0.6 is 0 Å². The van der Waals surface area contributed by atoms with Gasteiger partial charge < -0.3 is 20.4 Å². The summed E-state index contributed by atoms with van der Waals surface area (Å²) >= 11 is 0. The van der Waals surface area contributed by atoms with E-state index in [0.717, 1.165) is 63.1 Å². The lowest BCUT2D eigenvalue weighted by Gasteiger charge is -2.41. The predicted octanol–water partition coefficient (Wildman–Crippen LogP) is 2.31. The van der Waals surface area contributed by atoms with Gasteiger partial charge in [0.1, 0.15) is 11.2 Å². The highest BCUT2D eigenvalue weighted by Crippen LogP contribution is 2.46. The van der Waals surface area contributed by atoms with E-state index in [4.69, 9.17) is 4.98 Å². The number of aromatic nitrogens is 2. The van der Waals surface area contributed by atoms with Gasteiger partial charge in [-0.05, 0) is 43.5 Å². The summed E-state index contributed by atoms with van der Waals surface area (Å²) < 4.78 is 0. The van der Waals surface area contributed by atoms with Crippen LogP contribution in [0.25, 0.3) is 0 Å². The van der Waals surface area contributed by atoms with E-state index in [-0.39, 0.29) is 17.9 Å². The Morgan fingerprint density at radius 3 is 2.46 bits per heavy atom. The van der Waals surface area contributed by atoms with Crippen molar-refractivity contribution in [1.82, 2.24) is 20.2 Å². The summed E-state index contributed by atoms with van der Waals surface area (Å²) in [7, 11) is 1.79. The maximum Gasteiger partial charge on any atom is 0.244 e. The van der Waals surface area contributed by atoms with Crippen LogP contribution in [0, 0.1) is 5.41 Å². The Hall–Kier alpha value is -3.20. The second-order valence-electron chi connectivity index (χ2n) is 10.3. The Morgan fingerprint density at radius 1 is 1.03 bits per heavy atom.